The Morgan fingerprint density at radius 1 is 0.236 bits per heavy atom. The van der Waals surface area contributed by atoms with E-state index >= 15 is 0 Å². The first-order valence-electron chi connectivity index (χ1n) is 31.5. The maximum absolute atomic E-state index is 2.43. The summed E-state index contributed by atoms with van der Waals surface area (Å²) >= 11 is 0. The molecule has 89 heavy (non-hydrogen) atoms. The molecule has 0 N–H and O–H groups in total. The molecule has 2 nitrogen and oxygen atoms in total. The van der Waals surface area contributed by atoms with E-state index in [0.29, 0.717) is 0 Å². The smallest absolute Gasteiger partial charge is 0.0490 e. The molecule has 430 valence electrons. The van der Waals surface area contributed by atoms with E-state index in [1.807, 2.05) is 0 Å². The van der Waals surface area contributed by atoms with E-state index < -0.39 is 0 Å². The molecule has 0 aliphatic heterocycles. The highest BCUT2D eigenvalue weighted by atomic mass is 15.1. The maximum atomic E-state index is 2.43. The lowest BCUT2D eigenvalue weighted by Crippen LogP contribution is -2.17. The summed E-state index contributed by atoms with van der Waals surface area (Å²) in [4.78, 5) is 4.84. The van der Waals surface area contributed by atoms with Crippen molar-refractivity contribution in [2.45, 2.75) is 71.6 Å². The van der Waals surface area contributed by atoms with E-state index in [0.717, 1.165) is 22.7 Å². The molecular formula is C87H72N2. The number of nitrogens with zero attached hydrogens (tertiary/aromatic N) is 2. The van der Waals surface area contributed by atoms with Gasteiger partial charge in [0.1, 0.15) is 0 Å². The van der Waals surface area contributed by atoms with Crippen LogP contribution in [-0.2, 0) is 16.2 Å². The van der Waals surface area contributed by atoms with E-state index in [4.69, 9.17) is 0 Å². The molecule has 0 radical (unpaired) electrons. The lowest BCUT2D eigenvalue weighted by Gasteiger charge is -2.29. The average Bonchev–Trinajstić information content (AvgIpc) is 1.63. The highest BCUT2D eigenvalue weighted by Gasteiger charge is 2.39. The number of hydrogen-bond donors (Lipinski definition) is 0. The molecule has 0 atom stereocenters. The second-order valence-corrected chi connectivity index (χ2v) is 26.3. The lowest BCUT2D eigenvalue weighted by atomic mass is 9.81. The molecule has 0 heterocycles. The van der Waals surface area contributed by atoms with Gasteiger partial charge in [0.05, 0.1) is 0 Å². The third-order valence-electron chi connectivity index (χ3n) is 19.7. The molecule has 12 aromatic carbocycles. The molecule has 0 aromatic heterocycles. The van der Waals surface area contributed by atoms with Crippen LogP contribution in [0.4, 0.5) is 34.1 Å². The zero-order chi connectivity index (χ0) is 60.8. The zero-order valence-corrected chi connectivity index (χ0v) is 52.1. The van der Waals surface area contributed by atoms with E-state index in [9.17, 15) is 0 Å². The van der Waals surface area contributed by atoms with Gasteiger partial charge in [0.2, 0.25) is 0 Å². The first kappa shape index (κ1) is 55.3. The van der Waals surface area contributed by atoms with Crippen LogP contribution in [0.5, 0.6) is 0 Å². The second kappa shape index (κ2) is 21.5. The minimum atomic E-state index is -0.198. The van der Waals surface area contributed by atoms with Crippen LogP contribution in [0.1, 0.15) is 108 Å². The second-order valence-electron chi connectivity index (χ2n) is 26.3. The van der Waals surface area contributed by atoms with Crippen LogP contribution < -0.4 is 9.80 Å². The summed E-state index contributed by atoms with van der Waals surface area (Å²) in [7, 11) is 0. The van der Waals surface area contributed by atoms with Crippen LogP contribution in [0.3, 0.4) is 0 Å². The number of hydrogen-bond acceptors (Lipinski definition) is 2. The molecular weight excluding hydrogens is 1070 g/mol. The van der Waals surface area contributed by atoms with Gasteiger partial charge in [-0.2, -0.15) is 0 Å². The quantitative estimate of drug-likeness (QED) is 0.113. The van der Waals surface area contributed by atoms with E-state index in [1.54, 1.807) is 0 Å². The molecule has 3 aliphatic rings. The first-order chi connectivity index (χ1) is 43.2. The fourth-order valence-corrected chi connectivity index (χ4v) is 14.7. The SMILES string of the molecule is Cc1ccccc1N(c1ccc(-c2ccccc2)cc1)c1ccc2c(c1)C(C)(C)c1cc(/C=C/c3ccc4c(c3)C(C)(C)c3cc(/C=C/c5ccc6c(c5)C(C)(C)c5cc(N(c7ccc(-c8ccccc8)cc7)c7ccccc7C)ccc5-6)ccc3-4)ccc1-2. The third-order valence-corrected chi connectivity index (χ3v) is 19.7. The van der Waals surface area contributed by atoms with Crippen molar-refractivity contribution in [1.82, 2.24) is 0 Å². The van der Waals surface area contributed by atoms with E-state index in [2.05, 4.69) is 356 Å². The third kappa shape index (κ3) is 9.58. The summed E-state index contributed by atoms with van der Waals surface area (Å²) in [6.07, 6.45) is 9.19. The molecule has 3 aliphatic carbocycles. The van der Waals surface area contributed by atoms with Crippen molar-refractivity contribution in [3.05, 3.63) is 334 Å². The minimum Gasteiger partial charge on any atom is -0.310 e. The van der Waals surface area contributed by atoms with E-state index in [-0.39, 0.29) is 16.2 Å². The normalized spacial score (nSPS) is 14.2. The van der Waals surface area contributed by atoms with Gasteiger partial charge in [-0.05, 0) is 197 Å². The number of aryl methyl sites for hydroxylation is 2. The number of anilines is 6. The van der Waals surface area contributed by atoms with Gasteiger partial charge in [-0.25, -0.2) is 0 Å². The highest BCUT2D eigenvalue weighted by molar-refractivity contribution is 5.91. The summed E-state index contributed by atoms with van der Waals surface area (Å²) in [6.45, 7) is 18.7. The molecule has 0 spiro atoms. The summed E-state index contributed by atoms with van der Waals surface area (Å²) in [5, 5.41) is 0. The minimum absolute atomic E-state index is 0.163. The topological polar surface area (TPSA) is 6.48 Å². The zero-order valence-electron chi connectivity index (χ0n) is 52.1. The molecule has 2 heteroatoms. The summed E-state index contributed by atoms with van der Waals surface area (Å²) < 4.78 is 0. The molecule has 0 bridgehead atoms. The molecule has 0 saturated heterocycles. The van der Waals surface area contributed by atoms with Crippen LogP contribution in [0, 0.1) is 13.8 Å². The Kier molecular flexibility index (Phi) is 13.4. The van der Waals surface area contributed by atoms with Crippen LogP contribution in [-0.4, -0.2) is 0 Å². The van der Waals surface area contributed by atoms with Crippen molar-refractivity contribution >= 4 is 58.4 Å². The molecule has 0 amide bonds. The van der Waals surface area contributed by atoms with Crippen molar-refractivity contribution in [2.24, 2.45) is 0 Å². The van der Waals surface area contributed by atoms with Crippen LogP contribution in [0.2, 0.25) is 0 Å². The number of rotatable bonds is 12. The van der Waals surface area contributed by atoms with Crippen molar-refractivity contribution in [3.8, 4) is 55.6 Å². The Hall–Kier alpha value is -10.3. The van der Waals surface area contributed by atoms with Gasteiger partial charge in [-0.3, -0.25) is 0 Å². The predicted molar refractivity (Wildman–Crippen MR) is 380 cm³/mol. The Labute approximate surface area is 526 Å². The standard InChI is InChI=1S/C87H72N2/c1-57-19-15-17-25-83(57)88(67-39-35-65(36-40-67)63-21-11-9-12-22-63)69-43-49-75-73-47-33-61(53-79(73)86(5,6)81(75)55-69)29-27-59-31-45-71-72-46-32-60(52-78(72)85(3,4)77(71)51-59)28-30-62-34-48-74-76-50-44-70(56-82(76)87(7,8)80(74)54-62)89(84-26-18-16-20-58(84)2)68-41-37-66(38-42-68)64-23-13-10-14-24-64/h9-56H,1-8H3/b29-27+,30-28+. The van der Waals surface area contributed by atoms with Crippen molar-refractivity contribution in [1.29, 1.82) is 0 Å². The van der Waals surface area contributed by atoms with Gasteiger partial charge in [-0.15, -0.1) is 0 Å². The largest absolute Gasteiger partial charge is 0.310 e. The molecule has 15 rings (SSSR count). The van der Waals surface area contributed by atoms with Crippen LogP contribution in [0.15, 0.2) is 267 Å². The van der Waals surface area contributed by atoms with Crippen molar-refractivity contribution in [3.63, 3.8) is 0 Å². The fraction of sp³-hybridized carbons (Fsp3) is 0.126. The van der Waals surface area contributed by atoms with E-state index in [1.165, 1.54) is 134 Å². The molecule has 0 unspecified atom stereocenters. The Morgan fingerprint density at radius 3 is 0.787 bits per heavy atom. The highest BCUT2D eigenvalue weighted by Crippen LogP contribution is 2.54. The number of fused-ring (bicyclic) bond motifs is 9. The summed E-state index contributed by atoms with van der Waals surface area (Å²) in [5.41, 5.74) is 34.6. The number of benzene rings is 12. The summed E-state index contributed by atoms with van der Waals surface area (Å²) in [5.74, 6) is 0. The number of para-hydroxylation sites is 2. The Morgan fingerprint density at radius 2 is 0.483 bits per heavy atom. The maximum Gasteiger partial charge on any atom is 0.0490 e. The van der Waals surface area contributed by atoms with Crippen LogP contribution >= 0.6 is 0 Å². The average molecular weight is 1150 g/mol. The molecule has 12 aromatic rings. The Bertz CT molecular complexity index is 4500. The first-order valence-corrected chi connectivity index (χ1v) is 31.5. The van der Waals surface area contributed by atoms with Gasteiger partial charge in [0.25, 0.3) is 0 Å². The molecule has 0 fully saturated rings. The molecule has 0 saturated carbocycles. The van der Waals surface area contributed by atoms with Gasteiger partial charge in [-0.1, -0.05) is 272 Å². The van der Waals surface area contributed by atoms with Gasteiger partial charge >= 0.3 is 0 Å². The lowest BCUT2D eigenvalue weighted by molar-refractivity contribution is 0.660. The van der Waals surface area contributed by atoms with Crippen molar-refractivity contribution < 1.29 is 0 Å². The van der Waals surface area contributed by atoms with Crippen LogP contribution in [0.25, 0.3) is 79.9 Å². The van der Waals surface area contributed by atoms with Gasteiger partial charge in [0.15, 0.2) is 0 Å². The fourth-order valence-electron chi connectivity index (χ4n) is 14.7. The predicted octanol–water partition coefficient (Wildman–Crippen LogP) is 23.8. The monoisotopic (exact) mass is 1140 g/mol. The summed E-state index contributed by atoms with van der Waals surface area (Å²) in [6, 6.07) is 99.0. The van der Waals surface area contributed by atoms with Crippen molar-refractivity contribution in [2.75, 3.05) is 9.80 Å². The Balaban J connectivity index is 0.657. The van der Waals surface area contributed by atoms with Gasteiger partial charge in [0, 0.05) is 50.4 Å². The van der Waals surface area contributed by atoms with Gasteiger partial charge < -0.3 is 9.80 Å².